The van der Waals surface area contributed by atoms with E-state index >= 15 is 0 Å². The fourth-order valence-electron chi connectivity index (χ4n) is 1.87. The van der Waals surface area contributed by atoms with Gasteiger partial charge in [0.1, 0.15) is 0 Å². The first-order valence-corrected chi connectivity index (χ1v) is 6.50. The Labute approximate surface area is 117 Å². The molecule has 1 aromatic carbocycles. The molecule has 0 unspecified atom stereocenters. The van der Waals surface area contributed by atoms with Gasteiger partial charge in [0, 0.05) is 18.0 Å². The Hall–Kier alpha value is -2.43. The number of ether oxygens (including phenoxy) is 1. The van der Waals surface area contributed by atoms with Crippen LogP contribution in [0.15, 0.2) is 36.5 Å². The van der Waals surface area contributed by atoms with Crippen molar-refractivity contribution in [3.05, 3.63) is 36.5 Å². The zero-order chi connectivity index (χ0) is 14.4. The van der Waals surface area contributed by atoms with E-state index in [0.717, 1.165) is 10.9 Å². The molecule has 104 valence electrons. The van der Waals surface area contributed by atoms with Crippen molar-refractivity contribution in [3.63, 3.8) is 0 Å². The summed E-state index contributed by atoms with van der Waals surface area (Å²) in [5.74, 6) is -0.573. The van der Waals surface area contributed by atoms with E-state index in [1.54, 1.807) is 13.1 Å². The second kappa shape index (κ2) is 6.65. The maximum atomic E-state index is 11.8. The van der Waals surface area contributed by atoms with E-state index in [2.05, 4.69) is 10.3 Å². The van der Waals surface area contributed by atoms with Gasteiger partial charge >= 0.3 is 5.97 Å². The Morgan fingerprint density at radius 1 is 1.20 bits per heavy atom. The average molecular weight is 272 g/mol. The highest BCUT2D eigenvalue weighted by Crippen LogP contribution is 2.21. The Balaban J connectivity index is 2.01. The molecule has 0 spiro atoms. The number of amides is 1. The molecule has 2 aromatic rings. The van der Waals surface area contributed by atoms with Gasteiger partial charge in [-0.2, -0.15) is 0 Å². The topological polar surface area (TPSA) is 68.3 Å². The van der Waals surface area contributed by atoms with Crippen LogP contribution < -0.4 is 5.32 Å². The summed E-state index contributed by atoms with van der Waals surface area (Å²) in [6.07, 6.45) is 1.90. The van der Waals surface area contributed by atoms with Gasteiger partial charge in [-0.1, -0.05) is 6.07 Å². The third-order valence-corrected chi connectivity index (χ3v) is 2.78. The Kier molecular flexibility index (Phi) is 4.65. The molecule has 5 nitrogen and oxygen atoms in total. The maximum absolute atomic E-state index is 11.8. The summed E-state index contributed by atoms with van der Waals surface area (Å²) in [6.45, 7) is 2.07. The van der Waals surface area contributed by atoms with Crippen LogP contribution in [0.1, 0.15) is 19.8 Å². The number of esters is 1. The highest BCUT2D eigenvalue weighted by atomic mass is 16.5. The monoisotopic (exact) mass is 272 g/mol. The molecule has 0 fully saturated rings. The predicted molar refractivity (Wildman–Crippen MR) is 76.2 cm³/mol. The normalized spacial score (nSPS) is 10.2. The van der Waals surface area contributed by atoms with Crippen LogP contribution in [0.4, 0.5) is 5.69 Å². The van der Waals surface area contributed by atoms with E-state index < -0.39 is 0 Å². The molecule has 5 heteroatoms. The molecular weight excluding hydrogens is 256 g/mol. The molecule has 0 aliphatic rings. The van der Waals surface area contributed by atoms with Crippen molar-refractivity contribution in [2.24, 2.45) is 0 Å². The summed E-state index contributed by atoms with van der Waals surface area (Å²) in [4.78, 5) is 27.2. The van der Waals surface area contributed by atoms with Crippen molar-refractivity contribution in [2.75, 3.05) is 11.9 Å². The Bertz CT molecular complexity index is 620. The van der Waals surface area contributed by atoms with Gasteiger partial charge in [-0.3, -0.25) is 14.6 Å². The molecule has 0 saturated heterocycles. The van der Waals surface area contributed by atoms with Crippen LogP contribution in [0.25, 0.3) is 10.9 Å². The molecule has 1 N–H and O–H groups in total. The number of benzene rings is 1. The highest BCUT2D eigenvalue weighted by molar-refractivity contribution is 6.01. The summed E-state index contributed by atoms with van der Waals surface area (Å²) in [6, 6.07) is 9.23. The number of pyridine rings is 1. The van der Waals surface area contributed by atoms with Gasteiger partial charge in [0.15, 0.2) is 0 Å². The quantitative estimate of drug-likeness (QED) is 0.849. The number of aromatic nitrogens is 1. The fourth-order valence-corrected chi connectivity index (χ4v) is 1.87. The van der Waals surface area contributed by atoms with E-state index in [0.29, 0.717) is 12.3 Å². The number of hydrogen-bond donors (Lipinski definition) is 1. The van der Waals surface area contributed by atoms with Crippen molar-refractivity contribution in [3.8, 4) is 0 Å². The lowest BCUT2D eigenvalue weighted by atomic mass is 10.1. The first kappa shape index (κ1) is 14.0. The summed E-state index contributed by atoms with van der Waals surface area (Å²) in [5.41, 5.74) is 1.51. The van der Waals surface area contributed by atoms with Gasteiger partial charge in [0.05, 0.1) is 24.2 Å². The molecule has 1 amide bonds. The van der Waals surface area contributed by atoms with Gasteiger partial charge in [-0.15, -0.1) is 0 Å². The lowest BCUT2D eigenvalue weighted by Gasteiger charge is -2.08. The Morgan fingerprint density at radius 3 is 2.85 bits per heavy atom. The van der Waals surface area contributed by atoms with Crippen LogP contribution in [0.5, 0.6) is 0 Å². The summed E-state index contributed by atoms with van der Waals surface area (Å²) in [5, 5.41) is 3.67. The smallest absolute Gasteiger partial charge is 0.306 e. The van der Waals surface area contributed by atoms with Crippen LogP contribution in [0, 0.1) is 0 Å². The molecule has 0 aliphatic carbocycles. The number of hydrogen-bond acceptors (Lipinski definition) is 4. The van der Waals surface area contributed by atoms with E-state index in [9.17, 15) is 9.59 Å². The number of carbonyl (C=O) groups excluding carboxylic acids is 2. The number of fused-ring (bicyclic) bond motifs is 1. The standard InChI is InChI=1S/C15H16N2O3/c1-2-20-15(19)9-8-14(18)17-13-7-3-6-12-11(13)5-4-10-16-12/h3-7,10H,2,8-9H2,1H3,(H,17,18). The third kappa shape index (κ3) is 3.54. The van der Waals surface area contributed by atoms with Crippen LogP contribution in [0.3, 0.4) is 0 Å². The molecule has 0 saturated carbocycles. The van der Waals surface area contributed by atoms with Crippen LogP contribution in [-0.2, 0) is 14.3 Å². The maximum Gasteiger partial charge on any atom is 0.306 e. The summed E-state index contributed by atoms with van der Waals surface area (Å²) in [7, 11) is 0. The zero-order valence-corrected chi connectivity index (χ0v) is 11.3. The van der Waals surface area contributed by atoms with Crippen molar-refractivity contribution in [2.45, 2.75) is 19.8 Å². The van der Waals surface area contributed by atoms with Crippen molar-refractivity contribution >= 4 is 28.5 Å². The van der Waals surface area contributed by atoms with Gasteiger partial charge < -0.3 is 10.1 Å². The molecule has 1 aromatic heterocycles. The molecule has 0 atom stereocenters. The number of carbonyl (C=O) groups is 2. The fraction of sp³-hybridized carbons (Fsp3) is 0.267. The first-order valence-electron chi connectivity index (χ1n) is 6.50. The predicted octanol–water partition coefficient (Wildman–Crippen LogP) is 2.52. The second-order valence-electron chi connectivity index (χ2n) is 4.23. The summed E-state index contributed by atoms with van der Waals surface area (Å²) >= 11 is 0. The average Bonchev–Trinajstić information content (AvgIpc) is 2.46. The SMILES string of the molecule is CCOC(=O)CCC(=O)Nc1cccc2ncccc12. The van der Waals surface area contributed by atoms with Gasteiger partial charge in [0.25, 0.3) is 0 Å². The first-order chi connectivity index (χ1) is 9.70. The number of rotatable bonds is 5. The van der Waals surface area contributed by atoms with Gasteiger partial charge in [-0.25, -0.2) is 0 Å². The highest BCUT2D eigenvalue weighted by Gasteiger charge is 2.09. The minimum atomic E-state index is -0.359. The second-order valence-corrected chi connectivity index (χ2v) is 4.23. The van der Waals surface area contributed by atoms with E-state index in [1.807, 2.05) is 30.3 Å². The molecule has 0 bridgehead atoms. The van der Waals surface area contributed by atoms with Crippen molar-refractivity contribution < 1.29 is 14.3 Å². The molecule has 20 heavy (non-hydrogen) atoms. The Morgan fingerprint density at radius 2 is 2.05 bits per heavy atom. The number of nitrogens with one attached hydrogen (secondary N) is 1. The van der Waals surface area contributed by atoms with Crippen molar-refractivity contribution in [1.82, 2.24) is 4.98 Å². The van der Waals surface area contributed by atoms with Gasteiger partial charge in [0.2, 0.25) is 5.91 Å². The zero-order valence-electron chi connectivity index (χ0n) is 11.3. The largest absolute Gasteiger partial charge is 0.466 e. The van der Waals surface area contributed by atoms with Crippen LogP contribution >= 0.6 is 0 Å². The van der Waals surface area contributed by atoms with E-state index in [1.165, 1.54) is 0 Å². The summed E-state index contributed by atoms with van der Waals surface area (Å²) < 4.78 is 4.78. The van der Waals surface area contributed by atoms with E-state index in [-0.39, 0.29) is 24.7 Å². The minimum Gasteiger partial charge on any atom is -0.466 e. The number of anilines is 1. The van der Waals surface area contributed by atoms with Crippen LogP contribution in [-0.4, -0.2) is 23.5 Å². The molecular formula is C15H16N2O3. The third-order valence-electron chi connectivity index (χ3n) is 2.78. The van der Waals surface area contributed by atoms with E-state index in [4.69, 9.17) is 4.74 Å². The molecule has 0 radical (unpaired) electrons. The van der Waals surface area contributed by atoms with Crippen LogP contribution in [0.2, 0.25) is 0 Å². The molecule has 2 rings (SSSR count). The minimum absolute atomic E-state index is 0.0860. The molecule has 0 aliphatic heterocycles. The lowest BCUT2D eigenvalue weighted by Crippen LogP contribution is -2.14. The lowest BCUT2D eigenvalue weighted by molar-refractivity contribution is -0.144. The van der Waals surface area contributed by atoms with Gasteiger partial charge in [-0.05, 0) is 31.2 Å². The van der Waals surface area contributed by atoms with Crippen molar-refractivity contribution in [1.29, 1.82) is 0 Å². The molecule has 1 heterocycles. The number of nitrogens with zero attached hydrogens (tertiary/aromatic N) is 1.